The molecule has 0 bridgehead atoms. The van der Waals surface area contributed by atoms with Crippen LogP contribution >= 0.6 is 46.4 Å². The van der Waals surface area contributed by atoms with E-state index >= 15 is 0 Å². The van der Waals surface area contributed by atoms with Crippen LogP contribution in [-0.4, -0.2) is 169 Å². The molecule has 2 aliphatic heterocycles. The van der Waals surface area contributed by atoms with Crippen LogP contribution in [0.2, 0.25) is 20.1 Å². The molecule has 20 nitrogen and oxygen atoms in total. The first kappa shape index (κ1) is 63.8. The molecule has 2 heterocycles. The molecule has 0 aromatic heterocycles. The van der Waals surface area contributed by atoms with Gasteiger partial charge in [-0.2, -0.15) is 0 Å². The average molecular weight is 1260 g/mol. The fraction of sp³-hybridized carbons (Fsp3) is 0.536. The summed E-state index contributed by atoms with van der Waals surface area (Å²) in [5.74, 6) is 1.09. The molecule has 2 fully saturated rings. The largest absolute Gasteiger partial charge is 0.484 e. The van der Waals surface area contributed by atoms with Gasteiger partial charge in [-0.15, -0.1) is 0 Å². The fourth-order valence-corrected chi connectivity index (χ4v) is 13.8. The molecule has 4 aliphatic rings. The molecule has 2 aliphatic carbocycles. The van der Waals surface area contributed by atoms with E-state index in [-0.39, 0.29) is 125 Å². The van der Waals surface area contributed by atoms with Crippen LogP contribution in [0, 0.1) is 0 Å². The summed E-state index contributed by atoms with van der Waals surface area (Å²) in [6.07, 6.45) is 6.78. The molecule has 450 valence electrons. The maximum Gasteiger partial charge on any atom is 0.314 e. The molecular weight excluding hydrogens is 1180 g/mol. The Morgan fingerprint density at radius 1 is 0.488 bits per heavy atom. The predicted octanol–water partition coefficient (Wildman–Crippen LogP) is 7.28. The Hall–Kier alpha value is -4.24. The zero-order chi connectivity index (χ0) is 57.9. The third-order valence-corrected chi connectivity index (χ3v) is 18.6. The molecule has 4 amide bonds. The summed E-state index contributed by atoms with van der Waals surface area (Å²) < 4.78 is 92.1. The summed E-state index contributed by atoms with van der Waals surface area (Å²) in [6, 6.07) is 19.6. The molecule has 4 atom stereocenters. The summed E-state index contributed by atoms with van der Waals surface area (Å²) >= 11 is 26.0. The Morgan fingerprint density at radius 2 is 0.902 bits per heavy atom. The van der Waals surface area contributed by atoms with E-state index in [2.05, 4.69) is 40.5 Å². The SMILES string of the molecule is O=C(NCCCCNC(=O)NCCOCCOCCNS(=O)(=O)c1ccc(O[C@@H]2c3c(Cl)cc(Cl)cc3C[C@H]2N2CCCC2)cc1)NCCOCCOCCNS(=O)(=O)c1ccc(O[C@@H]2c3cc(Cl)cc(Cl)c3C[C@H]2N2CCCC2)cc1. The van der Waals surface area contributed by atoms with E-state index in [4.69, 9.17) is 74.8 Å². The molecule has 26 heteroatoms. The highest BCUT2D eigenvalue weighted by Gasteiger charge is 2.42. The fourth-order valence-electron chi connectivity index (χ4n) is 10.6. The van der Waals surface area contributed by atoms with Crippen LogP contribution in [0.3, 0.4) is 0 Å². The van der Waals surface area contributed by atoms with Crippen molar-refractivity contribution in [1.29, 1.82) is 0 Å². The number of nitrogens with zero attached hydrogens (tertiary/aromatic N) is 2. The number of rotatable bonds is 33. The summed E-state index contributed by atoms with van der Waals surface area (Å²) in [5, 5.41) is 13.3. The number of nitrogens with one attached hydrogen (secondary N) is 6. The normalized spacial score (nSPS) is 19.0. The van der Waals surface area contributed by atoms with Crippen LogP contribution in [0.15, 0.2) is 82.6 Å². The average Bonchev–Trinajstić information content (AvgIpc) is 3.45. The van der Waals surface area contributed by atoms with Gasteiger partial charge in [0.2, 0.25) is 20.0 Å². The van der Waals surface area contributed by atoms with Crippen molar-refractivity contribution in [3.8, 4) is 11.5 Å². The molecule has 82 heavy (non-hydrogen) atoms. The lowest BCUT2D eigenvalue weighted by molar-refractivity contribution is 0.0516. The second kappa shape index (κ2) is 31.8. The van der Waals surface area contributed by atoms with Gasteiger partial charge in [0.05, 0.1) is 74.7 Å². The first-order valence-electron chi connectivity index (χ1n) is 28.0. The minimum atomic E-state index is -3.79. The van der Waals surface area contributed by atoms with E-state index in [0.717, 1.165) is 87.0 Å². The number of benzene rings is 4. The summed E-state index contributed by atoms with van der Waals surface area (Å²) in [4.78, 5) is 29.3. The molecule has 4 aromatic carbocycles. The second-order valence-corrected chi connectivity index (χ2v) is 25.5. The van der Waals surface area contributed by atoms with Crippen molar-refractivity contribution in [2.45, 2.75) is 85.4 Å². The Balaban J connectivity index is 0.572. The van der Waals surface area contributed by atoms with Crippen molar-refractivity contribution in [3.63, 3.8) is 0 Å². The van der Waals surface area contributed by atoms with Crippen LogP contribution in [0.1, 0.15) is 73.0 Å². The Bertz CT molecular complexity index is 2940. The van der Waals surface area contributed by atoms with E-state index in [0.29, 0.717) is 57.5 Å². The van der Waals surface area contributed by atoms with Gasteiger partial charge in [-0.1, -0.05) is 46.4 Å². The number of sulfonamides is 2. The van der Waals surface area contributed by atoms with Crippen molar-refractivity contribution in [2.75, 3.05) is 118 Å². The number of carbonyl (C=O) groups is 2. The van der Waals surface area contributed by atoms with Gasteiger partial charge >= 0.3 is 12.1 Å². The van der Waals surface area contributed by atoms with Crippen molar-refractivity contribution >= 4 is 78.5 Å². The van der Waals surface area contributed by atoms with Crippen molar-refractivity contribution in [3.05, 3.63) is 115 Å². The molecule has 0 saturated carbocycles. The van der Waals surface area contributed by atoms with Gasteiger partial charge in [-0.05, 0) is 161 Å². The van der Waals surface area contributed by atoms with Gasteiger partial charge in [0.15, 0.2) is 0 Å². The topological polar surface area (TPSA) is 236 Å². The molecule has 0 unspecified atom stereocenters. The maximum atomic E-state index is 13.0. The number of likely N-dealkylation sites (tertiary alicyclic amines) is 2. The highest BCUT2D eigenvalue weighted by Crippen LogP contribution is 2.45. The number of carbonyl (C=O) groups excluding carboxylic acids is 2. The molecule has 0 radical (unpaired) electrons. The zero-order valence-electron chi connectivity index (χ0n) is 45.7. The maximum absolute atomic E-state index is 13.0. The smallest absolute Gasteiger partial charge is 0.314 e. The number of urea groups is 2. The number of halogens is 4. The number of fused-ring (bicyclic) bond motifs is 2. The molecule has 0 spiro atoms. The Labute approximate surface area is 501 Å². The van der Waals surface area contributed by atoms with Gasteiger partial charge in [0.1, 0.15) is 23.7 Å². The third-order valence-electron chi connectivity index (χ3n) is 14.6. The van der Waals surface area contributed by atoms with Gasteiger partial charge in [-0.25, -0.2) is 35.9 Å². The van der Waals surface area contributed by atoms with Gasteiger partial charge in [0, 0.05) is 70.5 Å². The Morgan fingerprint density at radius 3 is 1.39 bits per heavy atom. The highest BCUT2D eigenvalue weighted by molar-refractivity contribution is 7.89. The van der Waals surface area contributed by atoms with Crippen LogP contribution in [-0.2, 0) is 51.8 Å². The lowest BCUT2D eigenvalue weighted by Gasteiger charge is -2.30. The highest BCUT2D eigenvalue weighted by atomic mass is 35.5. The number of hydrogen-bond donors (Lipinski definition) is 6. The van der Waals surface area contributed by atoms with Gasteiger partial charge in [0.25, 0.3) is 0 Å². The quantitative estimate of drug-likeness (QED) is 0.0257. The first-order valence-corrected chi connectivity index (χ1v) is 32.4. The molecule has 6 N–H and O–H groups in total. The van der Waals surface area contributed by atoms with E-state index in [1.54, 1.807) is 36.4 Å². The first-order chi connectivity index (χ1) is 39.6. The monoisotopic (exact) mass is 1250 g/mol. The van der Waals surface area contributed by atoms with E-state index < -0.39 is 20.0 Å². The lowest BCUT2D eigenvalue weighted by atomic mass is 10.1. The van der Waals surface area contributed by atoms with Gasteiger partial charge in [-0.3, -0.25) is 9.80 Å². The Kier molecular flexibility index (Phi) is 24.7. The molecule has 4 aromatic rings. The number of unbranched alkanes of at least 4 members (excludes halogenated alkanes) is 1. The van der Waals surface area contributed by atoms with Crippen molar-refractivity contribution < 1.29 is 54.8 Å². The third kappa shape index (κ3) is 18.6. The van der Waals surface area contributed by atoms with Crippen molar-refractivity contribution in [1.82, 2.24) is 40.5 Å². The number of amides is 4. The predicted molar refractivity (Wildman–Crippen MR) is 315 cm³/mol. The van der Waals surface area contributed by atoms with E-state index in [9.17, 15) is 26.4 Å². The van der Waals surface area contributed by atoms with Crippen LogP contribution in [0.25, 0.3) is 0 Å². The zero-order valence-corrected chi connectivity index (χ0v) is 50.4. The van der Waals surface area contributed by atoms with Crippen LogP contribution in [0.4, 0.5) is 9.59 Å². The minimum absolute atomic E-state index is 0.0692. The lowest BCUT2D eigenvalue weighted by Crippen LogP contribution is -2.39. The number of ether oxygens (including phenoxy) is 6. The molecule has 8 rings (SSSR count). The molecular formula is C56H74Cl4N8O12S2. The minimum Gasteiger partial charge on any atom is -0.484 e. The standard InChI is InChI=1S/C56H74Cl4N8O12S2/c57-40-33-39-34-50(67-21-3-4-22-67)54(52(39)49(60)37-40)80-43-9-13-45(14-10-43)82(73,74)66-20-28-78-32-30-76-26-18-64-56(70)62-16-2-1-15-61-55(69)63-17-25-75-29-31-77-27-19-65-81(71,72)44-11-7-42(8-12-44)79-53-47-35-41(58)36-48(59)46(47)38-51(53)68-23-5-6-24-68/h7-14,33,35-37,50-51,53-54,65-66H,1-6,15-32,34,38H2,(H2,61,63,69)(H2,62,64,70)/t50-,51-,53-,54+/m1/s1. The van der Waals surface area contributed by atoms with Crippen LogP contribution in [0.5, 0.6) is 11.5 Å². The summed E-state index contributed by atoms with van der Waals surface area (Å²) in [7, 11) is -7.58. The second-order valence-electron chi connectivity index (χ2n) is 20.3. The van der Waals surface area contributed by atoms with E-state index in [1.807, 2.05) is 12.1 Å². The molecule has 2 saturated heterocycles. The summed E-state index contributed by atoms with van der Waals surface area (Å²) in [6.45, 7) is 7.33. The number of hydrogen-bond acceptors (Lipinski definition) is 14. The van der Waals surface area contributed by atoms with Crippen LogP contribution < -0.4 is 40.2 Å². The van der Waals surface area contributed by atoms with Crippen molar-refractivity contribution in [2.24, 2.45) is 0 Å². The van der Waals surface area contributed by atoms with E-state index in [1.165, 1.54) is 24.3 Å². The summed E-state index contributed by atoms with van der Waals surface area (Å²) in [5.41, 5.74) is 4.00. The van der Waals surface area contributed by atoms with Gasteiger partial charge < -0.3 is 49.7 Å².